The number of nitrogens with one attached hydrogen (secondary N) is 1. The molecule has 0 saturated heterocycles. The molecule has 0 aliphatic rings. The molecule has 3 aromatic rings. The molecule has 32 heavy (non-hydrogen) atoms. The number of alkyl halides is 3. The topological polar surface area (TPSA) is 64.1 Å². The van der Waals surface area contributed by atoms with Gasteiger partial charge in [0, 0.05) is 12.1 Å². The van der Waals surface area contributed by atoms with Crippen LogP contribution in [0.1, 0.15) is 18.2 Å². The third kappa shape index (κ3) is 6.23. The SMILES string of the molecule is COc1ccccc1CCNC(=O)[C@H](C)Sc1nc(-c2ccccc2)cc(C(F)(F)F)n1. The summed E-state index contributed by atoms with van der Waals surface area (Å²) in [5, 5.41) is 2.01. The average molecular weight is 462 g/mol. The van der Waals surface area contributed by atoms with Crippen molar-refractivity contribution in [3.8, 4) is 17.0 Å². The minimum atomic E-state index is -4.62. The first-order valence-corrected chi connectivity index (χ1v) is 10.7. The van der Waals surface area contributed by atoms with Crippen LogP contribution in [0.25, 0.3) is 11.3 Å². The summed E-state index contributed by atoms with van der Waals surface area (Å²) in [4.78, 5) is 20.4. The summed E-state index contributed by atoms with van der Waals surface area (Å²) >= 11 is 0.886. The van der Waals surface area contributed by atoms with E-state index in [0.717, 1.165) is 29.1 Å². The lowest BCUT2D eigenvalue weighted by Gasteiger charge is -2.14. The largest absolute Gasteiger partial charge is 0.496 e. The van der Waals surface area contributed by atoms with Crippen molar-refractivity contribution in [1.29, 1.82) is 0 Å². The van der Waals surface area contributed by atoms with Crippen LogP contribution in [0.3, 0.4) is 0 Å². The predicted octanol–water partition coefficient (Wildman–Crippen LogP) is 5.01. The Balaban J connectivity index is 1.69. The molecule has 0 spiro atoms. The number of carbonyl (C=O) groups excluding carboxylic acids is 1. The van der Waals surface area contributed by atoms with E-state index in [1.807, 2.05) is 24.3 Å². The quantitative estimate of drug-likeness (QED) is 0.377. The Bertz CT molecular complexity index is 1060. The molecule has 168 valence electrons. The predicted molar refractivity (Wildman–Crippen MR) is 117 cm³/mol. The normalized spacial score (nSPS) is 12.3. The van der Waals surface area contributed by atoms with Gasteiger partial charge < -0.3 is 10.1 Å². The molecule has 1 amide bonds. The van der Waals surface area contributed by atoms with Gasteiger partial charge >= 0.3 is 6.18 Å². The minimum absolute atomic E-state index is 0.106. The molecule has 0 unspecified atom stereocenters. The van der Waals surface area contributed by atoms with Crippen LogP contribution < -0.4 is 10.1 Å². The van der Waals surface area contributed by atoms with Gasteiger partial charge in [0.2, 0.25) is 5.91 Å². The molecule has 1 N–H and O–H groups in total. The van der Waals surface area contributed by atoms with Crippen LogP contribution in [0.2, 0.25) is 0 Å². The molecule has 0 saturated carbocycles. The van der Waals surface area contributed by atoms with Crippen molar-refractivity contribution < 1.29 is 22.7 Å². The lowest BCUT2D eigenvalue weighted by molar-refractivity contribution is -0.141. The van der Waals surface area contributed by atoms with E-state index < -0.39 is 17.1 Å². The number of benzene rings is 2. The molecular formula is C23H22F3N3O2S. The Morgan fingerprint density at radius 1 is 1.09 bits per heavy atom. The minimum Gasteiger partial charge on any atom is -0.496 e. The molecule has 0 aliphatic heterocycles. The highest BCUT2D eigenvalue weighted by Crippen LogP contribution is 2.32. The molecule has 3 rings (SSSR count). The van der Waals surface area contributed by atoms with Gasteiger partial charge in [0.25, 0.3) is 0 Å². The number of methoxy groups -OCH3 is 1. The van der Waals surface area contributed by atoms with Crippen LogP contribution in [0.15, 0.2) is 65.8 Å². The summed E-state index contributed by atoms with van der Waals surface area (Å²) in [6, 6.07) is 16.9. The van der Waals surface area contributed by atoms with Crippen LogP contribution in [0.5, 0.6) is 5.75 Å². The van der Waals surface area contributed by atoms with E-state index in [2.05, 4.69) is 15.3 Å². The molecule has 2 aromatic carbocycles. The number of rotatable bonds is 8. The molecule has 1 aromatic heterocycles. The van der Waals surface area contributed by atoms with E-state index in [1.165, 1.54) is 0 Å². The molecule has 0 radical (unpaired) electrons. The van der Waals surface area contributed by atoms with E-state index in [0.29, 0.717) is 18.5 Å². The van der Waals surface area contributed by atoms with Gasteiger partial charge in [-0.3, -0.25) is 4.79 Å². The molecule has 1 atom stereocenters. The van der Waals surface area contributed by atoms with E-state index >= 15 is 0 Å². The molecule has 0 fully saturated rings. The number of aromatic nitrogens is 2. The second kappa shape index (κ2) is 10.5. The zero-order valence-electron chi connectivity index (χ0n) is 17.5. The molecule has 0 bridgehead atoms. The summed E-state index contributed by atoms with van der Waals surface area (Å²) in [5.74, 6) is 0.419. The molecule has 1 heterocycles. The number of hydrogen-bond acceptors (Lipinski definition) is 5. The number of thioether (sulfide) groups is 1. The average Bonchev–Trinajstić information content (AvgIpc) is 2.79. The highest BCUT2D eigenvalue weighted by Gasteiger charge is 2.34. The Labute approximate surface area is 188 Å². The van der Waals surface area contributed by atoms with Gasteiger partial charge in [-0.1, -0.05) is 60.3 Å². The summed E-state index contributed by atoms with van der Waals surface area (Å²) in [5.41, 5.74) is 0.595. The zero-order valence-corrected chi connectivity index (χ0v) is 18.3. The number of ether oxygens (including phenoxy) is 1. The summed E-state index contributed by atoms with van der Waals surface area (Å²) in [6.07, 6.45) is -4.06. The Morgan fingerprint density at radius 3 is 2.47 bits per heavy atom. The monoisotopic (exact) mass is 461 g/mol. The van der Waals surface area contributed by atoms with Crippen molar-refractivity contribution in [2.75, 3.05) is 13.7 Å². The number of nitrogens with zero attached hydrogens (tertiary/aromatic N) is 2. The molecule has 9 heteroatoms. The van der Waals surface area contributed by atoms with Gasteiger partial charge in [-0.25, -0.2) is 9.97 Å². The first-order valence-electron chi connectivity index (χ1n) is 9.86. The van der Waals surface area contributed by atoms with Crippen molar-refractivity contribution in [3.05, 3.63) is 71.9 Å². The number of carbonyl (C=O) groups is 1. The Hall–Kier alpha value is -3.07. The zero-order chi connectivity index (χ0) is 23.1. The van der Waals surface area contributed by atoms with Gasteiger partial charge in [0.1, 0.15) is 11.4 Å². The third-order valence-electron chi connectivity index (χ3n) is 4.60. The van der Waals surface area contributed by atoms with Gasteiger partial charge in [-0.05, 0) is 31.0 Å². The number of para-hydroxylation sites is 1. The number of amides is 1. The molecule has 5 nitrogen and oxygen atoms in total. The second-order valence-corrected chi connectivity index (χ2v) is 8.21. The van der Waals surface area contributed by atoms with Crippen molar-refractivity contribution in [1.82, 2.24) is 15.3 Å². The Kier molecular flexibility index (Phi) is 7.74. The van der Waals surface area contributed by atoms with E-state index in [1.54, 1.807) is 44.4 Å². The fourth-order valence-electron chi connectivity index (χ4n) is 2.97. The van der Waals surface area contributed by atoms with Crippen molar-refractivity contribution in [3.63, 3.8) is 0 Å². The van der Waals surface area contributed by atoms with Crippen molar-refractivity contribution in [2.24, 2.45) is 0 Å². The van der Waals surface area contributed by atoms with Crippen molar-refractivity contribution in [2.45, 2.75) is 29.9 Å². The number of hydrogen-bond donors (Lipinski definition) is 1. The fraction of sp³-hybridized carbons (Fsp3) is 0.261. The highest BCUT2D eigenvalue weighted by atomic mass is 32.2. The van der Waals surface area contributed by atoms with Gasteiger partial charge in [-0.2, -0.15) is 13.2 Å². The van der Waals surface area contributed by atoms with Crippen LogP contribution >= 0.6 is 11.8 Å². The molecule has 0 aliphatic carbocycles. The second-order valence-electron chi connectivity index (χ2n) is 6.90. The van der Waals surface area contributed by atoms with E-state index in [-0.39, 0.29) is 16.8 Å². The Morgan fingerprint density at radius 2 is 1.78 bits per heavy atom. The van der Waals surface area contributed by atoms with Crippen molar-refractivity contribution >= 4 is 17.7 Å². The van der Waals surface area contributed by atoms with E-state index in [4.69, 9.17) is 4.74 Å². The van der Waals surface area contributed by atoms with Crippen LogP contribution in [-0.4, -0.2) is 34.8 Å². The van der Waals surface area contributed by atoms with Gasteiger partial charge in [-0.15, -0.1) is 0 Å². The fourth-order valence-corrected chi connectivity index (χ4v) is 3.77. The van der Waals surface area contributed by atoms with E-state index in [9.17, 15) is 18.0 Å². The first-order chi connectivity index (χ1) is 15.3. The summed E-state index contributed by atoms with van der Waals surface area (Å²) < 4.78 is 45.4. The lowest BCUT2D eigenvalue weighted by atomic mass is 10.1. The van der Waals surface area contributed by atoms with Crippen LogP contribution in [-0.2, 0) is 17.4 Å². The standard InChI is InChI=1S/C23H22F3N3O2S/c1-15(21(30)27-13-12-17-10-6-7-11-19(17)31-2)32-22-28-18(16-8-4-3-5-9-16)14-20(29-22)23(24,25)26/h3-11,14-15H,12-13H2,1-2H3,(H,27,30)/t15-/m0/s1. The van der Waals surface area contributed by atoms with Crippen LogP contribution in [0.4, 0.5) is 13.2 Å². The highest BCUT2D eigenvalue weighted by molar-refractivity contribution is 8.00. The number of halogens is 3. The van der Waals surface area contributed by atoms with Gasteiger partial charge in [0.05, 0.1) is 18.1 Å². The third-order valence-corrected chi connectivity index (χ3v) is 5.56. The smallest absolute Gasteiger partial charge is 0.433 e. The lowest BCUT2D eigenvalue weighted by Crippen LogP contribution is -2.32. The molecular weight excluding hydrogens is 439 g/mol. The maximum atomic E-state index is 13.4. The maximum absolute atomic E-state index is 13.4. The summed E-state index contributed by atoms with van der Waals surface area (Å²) in [7, 11) is 1.58. The first kappa shape index (κ1) is 23.6. The summed E-state index contributed by atoms with van der Waals surface area (Å²) in [6.45, 7) is 1.97. The maximum Gasteiger partial charge on any atom is 0.433 e. The van der Waals surface area contributed by atoms with Crippen LogP contribution in [0, 0.1) is 0 Å². The van der Waals surface area contributed by atoms with Gasteiger partial charge in [0.15, 0.2) is 5.16 Å².